The zero-order valence-corrected chi connectivity index (χ0v) is 12.8. The van der Waals surface area contributed by atoms with Gasteiger partial charge in [0.15, 0.2) is 6.29 Å². The molecule has 2 unspecified atom stereocenters. The lowest BCUT2D eigenvalue weighted by molar-refractivity contribution is -0.256. The summed E-state index contributed by atoms with van der Waals surface area (Å²) in [5.74, 6) is 0. The molecule has 2 heteroatoms. The van der Waals surface area contributed by atoms with E-state index in [1.807, 2.05) is 0 Å². The van der Waals surface area contributed by atoms with Crippen LogP contribution in [0.1, 0.15) is 79.1 Å². The van der Waals surface area contributed by atoms with Crippen LogP contribution in [0.25, 0.3) is 0 Å². The van der Waals surface area contributed by atoms with Crippen LogP contribution < -0.4 is 0 Å². The fourth-order valence-electron chi connectivity index (χ4n) is 2.30. The fourth-order valence-corrected chi connectivity index (χ4v) is 2.30. The smallest absolute Gasteiger partial charge is 0.157 e. The van der Waals surface area contributed by atoms with Gasteiger partial charge < -0.3 is 9.47 Å². The normalized spacial score (nSPS) is 27.3. The van der Waals surface area contributed by atoms with Gasteiger partial charge in [-0.1, -0.05) is 59.3 Å². The summed E-state index contributed by atoms with van der Waals surface area (Å²) >= 11 is 0. The molecule has 1 heterocycles. The molecule has 1 aliphatic heterocycles. The highest BCUT2D eigenvalue weighted by molar-refractivity contribution is 4.79. The summed E-state index contributed by atoms with van der Waals surface area (Å²) in [7, 11) is 0. The number of hydrogen-bond donors (Lipinski definition) is 0. The fraction of sp³-hybridized carbons (Fsp3) is 1.00. The van der Waals surface area contributed by atoms with Crippen LogP contribution in [-0.2, 0) is 9.47 Å². The molecule has 0 amide bonds. The predicted molar refractivity (Wildman–Crippen MR) is 76.7 cm³/mol. The van der Waals surface area contributed by atoms with Gasteiger partial charge in [-0.15, -0.1) is 0 Å². The van der Waals surface area contributed by atoms with E-state index in [2.05, 4.69) is 27.7 Å². The number of unbranched alkanes of at least 4 members (excludes halogenated alkanes) is 6. The second kappa shape index (κ2) is 8.16. The maximum atomic E-state index is 5.92. The van der Waals surface area contributed by atoms with E-state index < -0.39 is 0 Å². The zero-order valence-electron chi connectivity index (χ0n) is 12.8. The van der Waals surface area contributed by atoms with Crippen LogP contribution in [0.2, 0.25) is 0 Å². The molecular weight excluding hydrogens is 224 g/mol. The van der Waals surface area contributed by atoms with Crippen LogP contribution in [0.3, 0.4) is 0 Å². The molecule has 0 aliphatic carbocycles. The second-order valence-electron chi connectivity index (χ2n) is 6.42. The molecule has 0 N–H and O–H groups in total. The van der Waals surface area contributed by atoms with E-state index in [0.717, 1.165) is 13.0 Å². The van der Waals surface area contributed by atoms with Crippen LogP contribution in [0.4, 0.5) is 0 Å². The zero-order chi connectivity index (χ0) is 13.4. The summed E-state index contributed by atoms with van der Waals surface area (Å²) < 4.78 is 11.7. The third-order valence-corrected chi connectivity index (χ3v) is 4.14. The van der Waals surface area contributed by atoms with Gasteiger partial charge in [-0.3, -0.25) is 0 Å². The molecule has 18 heavy (non-hydrogen) atoms. The Hall–Kier alpha value is -0.0800. The van der Waals surface area contributed by atoms with E-state index in [1.54, 1.807) is 0 Å². The first-order chi connectivity index (χ1) is 8.56. The van der Waals surface area contributed by atoms with E-state index in [0.29, 0.717) is 6.10 Å². The first-order valence-corrected chi connectivity index (χ1v) is 7.83. The van der Waals surface area contributed by atoms with Crippen molar-refractivity contribution in [3.63, 3.8) is 0 Å². The first-order valence-electron chi connectivity index (χ1n) is 7.83. The third-order valence-electron chi connectivity index (χ3n) is 4.14. The van der Waals surface area contributed by atoms with Gasteiger partial charge in [-0.25, -0.2) is 0 Å². The molecule has 0 radical (unpaired) electrons. The van der Waals surface area contributed by atoms with Crippen molar-refractivity contribution in [3.8, 4) is 0 Å². The van der Waals surface area contributed by atoms with Gasteiger partial charge in [0.25, 0.3) is 0 Å². The van der Waals surface area contributed by atoms with Crippen LogP contribution in [0.5, 0.6) is 0 Å². The Labute approximate surface area is 113 Å². The van der Waals surface area contributed by atoms with Gasteiger partial charge in [0.1, 0.15) is 0 Å². The molecule has 1 aliphatic rings. The molecule has 2 atom stereocenters. The summed E-state index contributed by atoms with van der Waals surface area (Å²) in [5, 5.41) is 0. The van der Waals surface area contributed by atoms with Crippen LogP contribution in [-0.4, -0.2) is 19.0 Å². The molecule has 0 spiro atoms. The summed E-state index contributed by atoms with van der Waals surface area (Å²) in [6, 6.07) is 0. The Morgan fingerprint density at radius 3 is 2.22 bits per heavy atom. The topological polar surface area (TPSA) is 18.5 Å². The molecule has 2 nitrogen and oxygen atoms in total. The molecule has 1 rings (SSSR count). The SMILES string of the molecule is CCCCCCCCCC1OCC(C)(C)C(C)O1. The summed E-state index contributed by atoms with van der Waals surface area (Å²) in [6.45, 7) is 9.68. The Balaban J connectivity index is 2.00. The maximum Gasteiger partial charge on any atom is 0.157 e. The van der Waals surface area contributed by atoms with E-state index >= 15 is 0 Å². The summed E-state index contributed by atoms with van der Waals surface area (Å²) in [4.78, 5) is 0. The molecule has 0 aromatic rings. The van der Waals surface area contributed by atoms with Gasteiger partial charge in [0, 0.05) is 5.41 Å². The lowest BCUT2D eigenvalue weighted by atomic mass is 9.87. The highest BCUT2D eigenvalue weighted by Gasteiger charge is 2.34. The van der Waals surface area contributed by atoms with Gasteiger partial charge >= 0.3 is 0 Å². The summed E-state index contributed by atoms with van der Waals surface area (Å²) in [6.07, 6.45) is 10.9. The number of rotatable bonds is 8. The Morgan fingerprint density at radius 1 is 1.00 bits per heavy atom. The van der Waals surface area contributed by atoms with Crippen molar-refractivity contribution in [3.05, 3.63) is 0 Å². The van der Waals surface area contributed by atoms with Crippen LogP contribution in [0.15, 0.2) is 0 Å². The Kier molecular flexibility index (Phi) is 7.25. The van der Waals surface area contributed by atoms with Crippen molar-refractivity contribution in [2.24, 2.45) is 5.41 Å². The lowest BCUT2D eigenvalue weighted by Gasteiger charge is -2.40. The molecule has 1 fully saturated rings. The first kappa shape index (κ1) is 16.0. The minimum absolute atomic E-state index is 0.0451. The van der Waals surface area contributed by atoms with Crippen molar-refractivity contribution in [1.29, 1.82) is 0 Å². The highest BCUT2D eigenvalue weighted by atomic mass is 16.7. The van der Waals surface area contributed by atoms with E-state index in [1.165, 1.54) is 44.9 Å². The number of ether oxygens (including phenoxy) is 2. The van der Waals surface area contributed by atoms with Crippen molar-refractivity contribution in [2.75, 3.05) is 6.61 Å². The van der Waals surface area contributed by atoms with E-state index in [4.69, 9.17) is 9.47 Å². The second-order valence-corrected chi connectivity index (χ2v) is 6.42. The minimum atomic E-state index is 0.0451. The summed E-state index contributed by atoms with van der Waals surface area (Å²) in [5.41, 5.74) is 0.163. The molecular formula is C16H32O2. The largest absolute Gasteiger partial charge is 0.352 e. The average molecular weight is 256 g/mol. The molecule has 0 aromatic carbocycles. The van der Waals surface area contributed by atoms with Crippen molar-refractivity contribution >= 4 is 0 Å². The Bertz CT molecular complexity index is 213. The molecule has 1 saturated heterocycles. The van der Waals surface area contributed by atoms with Gasteiger partial charge in [0.05, 0.1) is 12.7 Å². The molecule has 0 aromatic heterocycles. The maximum absolute atomic E-state index is 5.92. The van der Waals surface area contributed by atoms with Crippen LogP contribution in [0, 0.1) is 5.41 Å². The van der Waals surface area contributed by atoms with Crippen molar-refractivity contribution in [1.82, 2.24) is 0 Å². The van der Waals surface area contributed by atoms with Crippen molar-refractivity contribution in [2.45, 2.75) is 91.5 Å². The van der Waals surface area contributed by atoms with E-state index in [9.17, 15) is 0 Å². The van der Waals surface area contributed by atoms with Gasteiger partial charge in [0.2, 0.25) is 0 Å². The standard InChI is InChI=1S/C16H32O2/c1-5-6-7-8-9-10-11-12-15-17-13-16(3,4)14(2)18-15/h14-15H,5-13H2,1-4H3. The molecule has 0 saturated carbocycles. The average Bonchev–Trinajstić information content (AvgIpc) is 2.33. The predicted octanol–water partition coefficient (Wildman–Crippen LogP) is 4.91. The highest BCUT2D eigenvalue weighted by Crippen LogP contribution is 2.31. The van der Waals surface area contributed by atoms with Crippen LogP contribution >= 0.6 is 0 Å². The lowest BCUT2D eigenvalue weighted by Crippen LogP contribution is -2.44. The monoisotopic (exact) mass is 256 g/mol. The minimum Gasteiger partial charge on any atom is -0.352 e. The Morgan fingerprint density at radius 2 is 1.61 bits per heavy atom. The third kappa shape index (κ3) is 5.71. The van der Waals surface area contributed by atoms with Crippen molar-refractivity contribution < 1.29 is 9.47 Å². The number of hydrogen-bond acceptors (Lipinski definition) is 2. The quantitative estimate of drug-likeness (QED) is 0.574. The molecule has 108 valence electrons. The van der Waals surface area contributed by atoms with E-state index in [-0.39, 0.29) is 11.7 Å². The molecule has 0 bridgehead atoms. The van der Waals surface area contributed by atoms with Gasteiger partial charge in [-0.2, -0.15) is 0 Å². The van der Waals surface area contributed by atoms with Gasteiger partial charge in [-0.05, 0) is 19.8 Å².